The molecule has 1 aromatic carbocycles. The Kier molecular flexibility index (Phi) is 4.79. The Morgan fingerprint density at radius 1 is 1.33 bits per heavy atom. The Bertz CT molecular complexity index is 373. The molecule has 1 aliphatic carbocycles. The molecule has 0 saturated carbocycles. The van der Waals surface area contributed by atoms with E-state index in [0.717, 1.165) is 0 Å². The van der Waals surface area contributed by atoms with Crippen molar-refractivity contribution >= 4 is 0 Å². The van der Waals surface area contributed by atoms with Gasteiger partial charge < -0.3 is 10.2 Å². The van der Waals surface area contributed by atoms with Crippen LogP contribution in [0.2, 0.25) is 0 Å². The summed E-state index contributed by atoms with van der Waals surface area (Å²) >= 11 is 0. The maximum atomic E-state index is 3.79. The van der Waals surface area contributed by atoms with Crippen LogP contribution in [0.25, 0.3) is 0 Å². The van der Waals surface area contributed by atoms with Crippen LogP contribution < -0.4 is 5.32 Å². The molecule has 0 spiro atoms. The van der Waals surface area contributed by atoms with Gasteiger partial charge in [-0.15, -0.1) is 0 Å². The molecule has 1 aromatic rings. The Morgan fingerprint density at radius 2 is 2.11 bits per heavy atom. The average molecular weight is 246 g/mol. The van der Waals surface area contributed by atoms with Gasteiger partial charge >= 0.3 is 0 Å². The minimum atomic E-state index is 0.579. The van der Waals surface area contributed by atoms with Crippen molar-refractivity contribution in [3.63, 3.8) is 0 Å². The Morgan fingerprint density at radius 3 is 2.89 bits per heavy atom. The monoisotopic (exact) mass is 246 g/mol. The fourth-order valence-corrected chi connectivity index (χ4v) is 2.87. The van der Waals surface area contributed by atoms with Crippen molar-refractivity contribution in [2.75, 3.05) is 20.6 Å². The van der Waals surface area contributed by atoms with E-state index >= 15 is 0 Å². The van der Waals surface area contributed by atoms with E-state index < -0.39 is 0 Å². The van der Waals surface area contributed by atoms with Gasteiger partial charge in [-0.25, -0.2) is 0 Å². The predicted molar refractivity (Wildman–Crippen MR) is 77.9 cm³/mol. The quantitative estimate of drug-likeness (QED) is 0.830. The van der Waals surface area contributed by atoms with Gasteiger partial charge in [-0.1, -0.05) is 24.3 Å². The molecule has 2 heteroatoms. The van der Waals surface area contributed by atoms with E-state index in [9.17, 15) is 0 Å². The molecule has 1 aliphatic rings. The van der Waals surface area contributed by atoms with Crippen LogP contribution in [0.15, 0.2) is 24.3 Å². The second kappa shape index (κ2) is 6.35. The number of aryl methyl sites for hydroxylation is 1. The van der Waals surface area contributed by atoms with E-state index in [2.05, 4.69) is 55.5 Å². The molecular weight excluding hydrogens is 220 g/mol. The number of nitrogens with one attached hydrogen (secondary N) is 1. The van der Waals surface area contributed by atoms with Crippen LogP contribution >= 0.6 is 0 Å². The van der Waals surface area contributed by atoms with Crippen LogP contribution in [0, 0.1) is 0 Å². The number of hydrogen-bond donors (Lipinski definition) is 1. The highest BCUT2D eigenvalue weighted by atomic mass is 15.0. The molecule has 0 radical (unpaired) electrons. The van der Waals surface area contributed by atoms with Crippen molar-refractivity contribution < 1.29 is 0 Å². The minimum Gasteiger partial charge on any atom is -0.309 e. The standard InChI is InChI=1S/C16H26N2/c1-13(7-6-12-18(2)3)17-16-11-10-14-8-4-5-9-15(14)16/h4-5,8-9,13,16-17H,6-7,10-12H2,1-3H3/t13-,16-/m0/s1. The van der Waals surface area contributed by atoms with Gasteiger partial charge in [0, 0.05) is 12.1 Å². The first-order valence-corrected chi connectivity index (χ1v) is 7.15. The van der Waals surface area contributed by atoms with Gasteiger partial charge in [0.1, 0.15) is 0 Å². The second-order valence-electron chi connectivity index (χ2n) is 5.80. The molecule has 2 atom stereocenters. The molecule has 1 N–H and O–H groups in total. The highest BCUT2D eigenvalue weighted by Crippen LogP contribution is 2.31. The molecular formula is C16H26N2. The van der Waals surface area contributed by atoms with Crippen molar-refractivity contribution in [2.24, 2.45) is 0 Å². The summed E-state index contributed by atoms with van der Waals surface area (Å²) in [6.07, 6.45) is 5.03. The Labute approximate surface area is 111 Å². The SMILES string of the molecule is C[C@@H](CCCN(C)C)N[C@H]1CCc2ccccc21. The fraction of sp³-hybridized carbons (Fsp3) is 0.625. The Balaban J connectivity index is 1.80. The van der Waals surface area contributed by atoms with E-state index in [1.165, 1.54) is 43.4 Å². The first-order chi connectivity index (χ1) is 8.66. The molecule has 0 heterocycles. The zero-order valence-corrected chi connectivity index (χ0v) is 11.9. The van der Waals surface area contributed by atoms with E-state index in [4.69, 9.17) is 0 Å². The maximum Gasteiger partial charge on any atom is 0.0328 e. The van der Waals surface area contributed by atoms with Gasteiger partial charge in [-0.2, -0.15) is 0 Å². The molecule has 0 bridgehead atoms. The van der Waals surface area contributed by atoms with Crippen molar-refractivity contribution in [3.8, 4) is 0 Å². The molecule has 0 aliphatic heterocycles. The average Bonchev–Trinajstić information content (AvgIpc) is 2.72. The van der Waals surface area contributed by atoms with E-state index in [1.807, 2.05) is 0 Å². The van der Waals surface area contributed by atoms with Crippen LogP contribution in [-0.2, 0) is 6.42 Å². The molecule has 100 valence electrons. The molecule has 2 nitrogen and oxygen atoms in total. The molecule has 2 rings (SSSR count). The largest absolute Gasteiger partial charge is 0.309 e. The van der Waals surface area contributed by atoms with E-state index in [0.29, 0.717) is 12.1 Å². The summed E-state index contributed by atoms with van der Waals surface area (Å²) in [5.41, 5.74) is 3.06. The van der Waals surface area contributed by atoms with Crippen LogP contribution in [0.1, 0.15) is 43.4 Å². The third-order valence-corrected chi connectivity index (χ3v) is 3.86. The zero-order valence-electron chi connectivity index (χ0n) is 11.9. The summed E-state index contributed by atoms with van der Waals surface area (Å²) < 4.78 is 0. The zero-order chi connectivity index (χ0) is 13.0. The number of benzene rings is 1. The minimum absolute atomic E-state index is 0.579. The number of hydrogen-bond acceptors (Lipinski definition) is 2. The summed E-state index contributed by atoms with van der Waals surface area (Å²) in [5, 5.41) is 3.79. The second-order valence-corrected chi connectivity index (χ2v) is 5.80. The third-order valence-electron chi connectivity index (χ3n) is 3.86. The number of fused-ring (bicyclic) bond motifs is 1. The van der Waals surface area contributed by atoms with Gasteiger partial charge in [0.25, 0.3) is 0 Å². The summed E-state index contributed by atoms with van der Waals surface area (Å²) in [5.74, 6) is 0. The predicted octanol–water partition coefficient (Wildman–Crippen LogP) is 2.99. The van der Waals surface area contributed by atoms with Crippen molar-refractivity contribution in [1.29, 1.82) is 0 Å². The maximum absolute atomic E-state index is 3.79. The number of rotatable bonds is 6. The first-order valence-electron chi connectivity index (χ1n) is 7.15. The Hall–Kier alpha value is -0.860. The van der Waals surface area contributed by atoms with Crippen molar-refractivity contribution in [3.05, 3.63) is 35.4 Å². The van der Waals surface area contributed by atoms with Crippen LogP contribution in [-0.4, -0.2) is 31.6 Å². The molecule has 18 heavy (non-hydrogen) atoms. The first kappa shape index (κ1) is 13.6. The molecule has 0 fully saturated rings. The molecule has 0 unspecified atom stereocenters. The van der Waals surface area contributed by atoms with Crippen LogP contribution in [0.5, 0.6) is 0 Å². The van der Waals surface area contributed by atoms with Gasteiger partial charge in [-0.05, 0) is 64.4 Å². The van der Waals surface area contributed by atoms with Gasteiger partial charge in [0.15, 0.2) is 0 Å². The summed E-state index contributed by atoms with van der Waals surface area (Å²) in [4.78, 5) is 2.26. The summed E-state index contributed by atoms with van der Waals surface area (Å²) in [6.45, 7) is 3.50. The summed E-state index contributed by atoms with van der Waals surface area (Å²) in [6, 6.07) is 10.1. The molecule has 0 amide bonds. The third kappa shape index (κ3) is 3.56. The molecule has 0 aromatic heterocycles. The van der Waals surface area contributed by atoms with Gasteiger partial charge in [-0.3, -0.25) is 0 Å². The number of nitrogens with zero attached hydrogens (tertiary/aromatic N) is 1. The van der Waals surface area contributed by atoms with Crippen molar-refractivity contribution in [1.82, 2.24) is 10.2 Å². The van der Waals surface area contributed by atoms with Gasteiger partial charge in [0.05, 0.1) is 0 Å². The normalized spacial score (nSPS) is 20.1. The lowest BCUT2D eigenvalue weighted by molar-refractivity contribution is 0.363. The van der Waals surface area contributed by atoms with E-state index in [-0.39, 0.29) is 0 Å². The van der Waals surface area contributed by atoms with E-state index in [1.54, 1.807) is 0 Å². The molecule has 0 saturated heterocycles. The lowest BCUT2D eigenvalue weighted by Crippen LogP contribution is -2.30. The highest BCUT2D eigenvalue weighted by Gasteiger charge is 2.22. The fourth-order valence-electron chi connectivity index (χ4n) is 2.87. The smallest absolute Gasteiger partial charge is 0.0328 e. The van der Waals surface area contributed by atoms with Crippen molar-refractivity contribution in [2.45, 2.75) is 44.7 Å². The lowest BCUT2D eigenvalue weighted by Gasteiger charge is -2.21. The van der Waals surface area contributed by atoms with Crippen LogP contribution in [0.3, 0.4) is 0 Å². The van der Waals surface area contributed by atoms with Crippen LogP contribution in [0.4, 0.5) is 0 Å². The lowest BCUT2D eigenvalue weighted by atomic mass is 10.1. The highest BCUT2D eigenvalue weighted by molar-refractivity contribution is 5.34. The topological polar surface area (TPSA) is 15.3 Å². The summed E-state index contributed by atoms with van der Waals surface area (Å²) in [7, 11) is 4.29. The van der Waals surface area contributed by atoms with Gasteiger partial charge in [0.2, 0.25) is 0 Å².